The Morgan fingerprint density at radius 2 is 2.11 bits per heavy atom. The van der Waals surface area contributed by atoms with Gasteiger partial charge in [-0.05, 0) is 47.0 Å². The predicted molar refractivity (Wildman–Crippen MR) is 81.7 cm³/mol. The van der Waals surface area contributed by atoms with Gasteiger partial charge < -0.3 is 9.64 Å². The van der Waals surface area contributed by atoms with Crippen molar-refractivity contribution in [3.63, 3.8) is 0 Å². The molecule has 0 fully saturated rings. The minimum absolute atomic E-state index is 0.0496. The van der Waals surface area contributed by atoms with Crippen molar-refractivity contribution in [3.05, 3.63) is 28.2 Å². The highest BCUT2D eigenvalue weighted by Gasteiger charge is 2.19. The van der Waals surface area contributed by atoms with Gasteiger partial charge in [0.15, 0.2) is 0 Å². The molecule has 0 spiro atoms. The molecule has 19 heavy (non-hydrogen) atoms. The van der Waals surface area contributed by atoms with E-state index in [1.807, 2.05) is 24.0 Å². The molecule has 0 saturated heterocycles. The lowest BCUT2D eigenvalue weighted by atomic mass is 10.1. The summed E-state index contributed by atoms with van der Waals surface area (Å²) < 4.78 is 5.99. The number of hydrogen-bond acceptors (Lipinski definition) is 2. The van der Waals surface area contributed by atoms with Crippen LogP contribution >= 0.6 is 15.9 Å². The summed E-state index contributed by atoms with van der Waals surface area (Å²) in [6.45, 7) is 7.82. The third-order valence-corrected chi connectivity index (χ3v) is 3.99. The number of carbonyl (C=O) groups is 1. The summed E-state index contributed by atoms with van der Waals surface area (Å²) in [5, 5.41) is 0. The Balaban J connectivity index is 2.96. The van der Waals surface area contributed by atoms with E-state index in [-0.39, 0.29) is 5.91 Å². The molecule has 1 rings (SSSR count). The number of carbonyl (C=O) groups excluding carboxylic acids is 1. The van der Waals surface area contributed by atoms with Crippen LogP contribution in [-0.2, 0) is 0 Å². The van der Waals surface area contributed by atoms with Crippen LogP contribution in [0.1, 0.15) is 37.6 Å². The quantitative estimate of drug-likeness (QED) is 0.791. The van der Waals surface area contributed by atoms with Crippen molar-refractivity contribution in [2.75, 3.05) is 20.2 Å². The summed E-state index contributed by atoms with van der Waals surface area (Å²) in [5.74, 6) is 1.26. The smallest absolute Gasteiger partial charge is 0.255 e. The molecule has 0 aliphatic carbocycles. The number of rotatable bonds is 6. The number of hydrogen-bond donors (Lipinski definition) is 0. The van der Waals surface area contributed by atoms with Crippen LogP contribution in [-0.4, -0.2) is 31.0 Å². The lowest BCUT2D eigenvalue weighted by molar-refractivity contribution is 0.0739. The topological polar surface area (TPSA) is 29.5 Å². The second-order valence-corrected chi connectivity index (χ2v) is 5.56. The zero-order chi connectivity index (χ0) is 14.4. The third-order valence-electron chi connectivity index (χ3n) is 3.30. The normalized spacial score (nSPS) is 12.1. The molecule has 0 aromatic heterocycles. The van der Waals surface area contributed by atoms with E-state index in [1.54, 1.807) is 13.2 Å². The Morgan fingerprint density at radius 1 is 1.42 bits per heavy atom. The molecule has 0 radical (unpaired) electrons. The molecule has 0 saturated carbocycles. The first-order chi connectivity index (χ1) is 9.03. The van der Waals surface area contributed by atoms with Crippen LogP contribution in [0.15, 0.2) is 22.7 Å². The van der Waals surface area contributed by atoms with E-state index in [2.05, 4.69) is 29.8 Å². The summed E-state index contributed by atoms with van der Waals surface area (Å²) in [4.78, 5) is 14.4. The SMILES string of the molecule is CCC(C)CN(CC)C(=O)c1cc(OC)ccc1Br. The number of ether oxygens (including phenoxy) is 1. The molecule has 1 aromatic rings. The van der Waals surface area contributed by atoms with E-state index in [0.717, 1.165) is 17.4 Å². The largest absolute Gasteiger partial charge is 0.497 e. The minimum atomic E-state index is 0.0496. The number of methoxy groups -OCH3 is 1. The minimum Gasteiger partial charge on any atom is -0.497 e. The van der Waals surface area contributed by atoms with Crippen LogP contribution < -0.4 is 4.74 Å². The van der Waals surface area contributed by atoms with Gasteiger partial charge in [-0.15, -0.1) is 0 Å². The van der Waals surface area contributed by atoms with Crippen LogP contribution in [0.2, 0.25) is 0 Å². The van der Waals surface area contributed by atoms with Gasteiger partial charge in [-0.2, -0.15) is 0 Å². The molecule has 0 heterocycles. The second-order valence-electron chi connectivity index (χ2n) is 4.70. The second kappa shape index (κ2) is 7.53. The van der Waals surface area contributed by atoms with Crippen LogP contribution in [0.3, 0.4) is 0 Å². The zero-order valence-corrected chi connectivity index (χ0v) is 13.7. The molecule has 0 bridgehead atoms. The number of halogens is 1. The van der Waals surface area contributed by atoms with Gasteiger partial charge >= 0.3 is 0 Å². The molecular weight excluding hydrogens is 306 g/mol. The van der Waals surface area contributed by atoms with Gasteiger partial charge in [-0.3, -0.25) is 4.79 Å². The fourth-order valence-corrected chi connectivity index (χ4v) is 2.24. The summed E-state index contributed by atoms with van der Waals surface area (Å²) in [7, 11) is 1.61. The first-order valence-electron chi connectivity index (χ1n) is 6.66. The first-order valence-corrected chi connectivity index (χ1v) is 7.45. The molecule has 1 aromatic carbocycles. The predicted octanol–water partition coefficient (Wildman–Crippen LogP) is 3.97. The van der Waals surface area contributed by atoms with E-state index in [4.69, 9.17) is 4.74 Å². The summed E-state index contributed by atoms with van der Waals surface area (Å²) in [6, 6.07) is 5.47. The van der Waals surface area contributed by atoms with E-state index in [1.165, 1.54) is 0 Å². The van der Waals surface area contributed by atoms with Crippen molar-refractivity contribution in [1.82, 2.24) is 4.90 Å². The van der Waals surface area contributed by atoms with Crippen LogP contribution in [0.4, 0.5) is 0 Å². The third kappa shape index (κ3) is 4.23. The van der Waals surface area contributed by atoms with Crippen molar-refractivity contribution in [3.8, 4) is 5.75 Å². The van der Waals surface area contributed by atoms with E-state index >= 15 is 0 Å². The fraction of sp³-hybridized carbons (Fsp3) is 0.533. The first kappa shape index (κ1) is 16.0. The maximum Gasteiger partial charge on any atom is 0.255 e. The Kier molecular flexibility index (Phi) is 6.35. The maximum absolute atomic E-state index is 12.6. The van der Waals surface area contributed by atoms with Gasteiger partial charge in [0.25, 0.3) is 5.91 Å². The number of nitrogens with zero attached hydrogens (tertiary/aromatic N) is 1. The molecule has 1 atom stereocenters. The monoisotopic (exact) mass is 327 g/mol. The Morgan fingerprint density at radius 3 is 2.63 bits per heavy atom. The summed E-state index contributed by atoms with van der Waals surface area (Å²) in [5.41, 5.74) is 0.657. The maximum atomic E-state index is 12.6. The molecule has 0 aliphatic rings. The average molecular weight is 328 g/mol. The molecular formula is C15H22BrNO2. The Hall–Kier alpha value is -1.03. The van der Waals surface area contributed by atoms with E-state index in [9.17, 15) is 4.79 Å². The number of benzene rings is 1. The van der Waals surface area contributed by atoms with E-state index in [0.29, 0.717) is 23.8 Å². The van der Waals surface area contributed by atoms with Gasteiger partial charge in [0.05, 0.1) is 12.7 Å². The summed E-state index contributed by atoms with van der Waals surface area (Å²) in [6.07, 6.45) is 1.07. The average Bonchev–Trinajstić information content (AvgIpc) is 2.44. The van der Waals surface area contributed by atoms with Crippen LogP contribution in [0, 0.1) is 5.92 Å². The van der Waals surface area contributed by atoms with Crippen LogP contribution in [0.5, 0.6) is 5.75 Å². The number of amides is 1. The molecule has 106 valence electrons. The summed E-state index contributed by atoms with van der Waals surface area (Å²) >= 11 is 3.44. The van der Waals surface area contributed by atoms with Gasteiger partial charge in [0.1, 0.15) is 5.75 Å². The molecule has 4 heteroatoms. The van der Waals surface area contributed by atoms with Crippen LogP contribution in [0.25, 0.3) is 0 Å². The standard InChI is InChI=1S/C15H22BrNO2/c1-5-11(3)10-17(6-2)15(18)13-9-12(19-4)7-8-14(13)16/h7-9,11H,5-6,10H2,1-4H3. The fourth-order valence-electron chi connectivity index (χ4n) is 1.83. The van der Waals surface area contributed by atoms with Crippen molar-refractivity contribution in [1.29, 1.82) is 0 Å². The highest BCUT2D eigenvalue weighted by molar-refractivity contribution is 9.10. The molecule has 3 nitrogen and oxygen atoms in total. The molecule has 0 N–H and O–H groups in total. The molecule has 1 amide bonds. The molecule has 0 aliphatic heterocycles. The van der Waals surface area contributed by atoms with Crippen molar-refractivity contribution in [2.45, 2.75) is 27.2 Å². The lowest BCUT2D eigenvalue weighted by Crippen LogP contribution is -2.34. The van der Waals surface area contributed by atoms with Gasteiger partial charge in [-0.25, -0.2) is 0 Å². The van der Waals surface area contributed by atoms with Gasteiger partial charge in [0, 0.05) is 17.6 Å². The van der Waals surface area contributed by atoms with Crippen molar-refractivity contribution in [2.24, 2.45) is 5.92 Å². The molecule has 1 unspecified atom stereocenters. The highest BCUT2D eigenvalue weighted by atomic mass is 79.9. The highest BCUT2D eigenvalue weighted by Crippen LogP contribution is 2.24. The zero-order valence-electron chi connectivity index (χ0n) is 12.1. The van der Waals surface area contributed by atoms with E-state index < -0.39 is 0 Å². The van der Waals surface area contributed by atoms with Crippen molar-refractivity contribution >= 4 is 21.8 Å². The lowest BCUT2D eigenvalue weighted by Gasteiger charge is -2.24. The van der Waals surface area contributed by atoms with Gasteiger partial charge in [-0.1, -0.05) is 20.3 Å². The van der Waals surface area contributed by atoms with Crippen molar-refractivity contribution < 1.29 is 9.53 Å². The van der Waals surface area contributed by atoms with Gasteiger partial charge in [0.2, 0.25) is 0 Å². The Labute approximate surface area is 124 Å². The Bertz CT molecular complexity index is 434.